The van der Waals surface area contributed by atoms with E-state index >= 15 is 0 Å². The van der Waals surface area contributed by atoms with Gasteiger partial charge in [-0.1, -0.05) is 29.3 Å². The summed E-state index contributed by atoms with van der Waals surface area (Å²) < 4.78 is 47.5. The second-order valence-electron chi connectivity index (χ2n) is 8.03. The largest absolute Gasteiger partial charge is 0.490 e. The molecule has 1 fully saturated rings. The minimum absolute atomic E-state index is 0.00584. The first-order valence-electron chi connectivity index (χ1n) is 10.9. The van der Waals surface area contributed by atoms with Gasteiger partial charge in [0.15, 0.2) is 0 Å². The summed E-state index contributed by atoms with van der Waals surface area (Å²) in [5, 5.41) is 3.27. The Morgan fingerprint density at radius 3 is 2.54 bits per heavy atom. The van der Waals surface area contributed by atoms with Gasteiger partial charge in [0.1, 0.15) is 23.4 Å². The van der Waals surface area contributed by atoms with Crippen LogP contribution in [0.4, 0.5) is 13.2 Å². The van der Waals surface area contributed by atoms with E-state index in [0.29, 0.717) is 41.6 Å². The van der Waals surface area contributed by atoms with Crippen LogP contribution < -0.4 is 10.1 Å². The van der Waals surface area contributed by atoms with E-state index in [-0.39, 0.29) is 28.9 Å². The third kappa shape index (κ3) is 6.27. The van der Waals surface area contributed by atoms with E-state index in [9.17, 15) is 18.0 Å². The number of hydrogen-bond donors (Lipinski definition) is 1. The predicted molar refractivity (Wildman–Crippen MR) is 130 cm³/mol. The number of nitrogens with zero attached hydrogens (tertiary/aromatic N) is 2. The van der Waals surface area contributed by atoms with Crippen molar-refractivity contribution in [2.24, 2.45) is 0 Å². The number of amides is 1. The Labute approximate surface area is 214 Å². The van der Waals surface area contributed by atoms with Crippen LogP contribution in [-0.2, 0) is 0 Å². The van der Waals surface area contributed by atoms with E-state index in [0.717, 1.165) is 17.4 Å². The van der Waals surface area contributed by atoms with Crippen molar-refractivity contribution < 1.29 is 22.7 Å². The first-order chi connectivity index (χ1) is 16.8. The summed E-state index contributed by atoms with van der Waals surface area (Å²) in [5.41, 5.74) is 0.787. The molecule has 0 bridgehead atoms. The zero-order chi connectivity index (χ0) is 24.9. The Bertz CT molecular complexity index is 1130. The van der Waals surface area contributed by atoms with Gasteiger partial charge in [0, 0.05) is 24.7 Å². The number of nitrogens with one attached hydrogen (secondary N) is 1. The van der Waals surface area contributed by atoms with Crippen LogP contribution in [0.25, 0.3) is 0 Å². The van der Waals surface area contributed by atoms with Crippen LogP contribution in [0.2, 0.25) is 10.0 Å². The number of aromatic nitrogens is 1. The fraction of sp³-hybridized carbons (Fsp3) is 0.333. The van der Waals surface area contributed by atoms with Gasteiger partial charge in [-0.15, -0.1) is 11.3 Å². The Morgan fingerprint density at radius 1 is 1.17 bits per heavy atom. The monoisotopic (exact) mass is 543 g/mol. The molecule has 1 aliphatic rings. The van der Waals surface area contributed by atoms with Gasteiger partial charge in [-0.25, -0.2) is 18.2 Å². The van der Waals surface area contributed by atoms with Crippen molar-refractivity contribution in [2.45, 2.75) is 31.4 Å². The molecule has 1 N–H and O–H groups in total. The number of likely N-dealkylation sites (tertiary alicyclic amines) is 1. The molecule has 0 spiro atoms. The van der Waals surface area contributed by atoms with Crippen LogP contribution in [0.1, 0.15) is 46.2 Å². The fourth-order valence-electron chi connectivity index (χ4n) is 4.07. The van der Waals surface area contributed by atoms with Crippen LogP contribution in [0, 0.1) is 5.82 Å². The van der Waals surface area contributed by atoms with Crippen molar-refractivity contribution in [3.05, 3.63) is 80.0 Å². The summed E-state index contributed by atoms with van der Waals surface area (Å²) in [5.74, 6) is -0.749. The average Bonchev–Trinajstić information content (AvgIpc) is 3.32. The van der Waals surface area contributed by atoms with E-state index in [1.807, 2.05) is 4.90 Å². The molecule has 186 valence electrons. The number of rotatable bonds is 8. The molecule has 0 radical (unpaired) electrons. The van der Waals surface area contributed by atoms with E-state index in [2.05, 4.69) is 10.3 Å². The predicted octanol–water partition coefficient (Wildman–Crippen LogP) is 6.54. The second-order valence-corrected chi connectivity index (χ2v) is 9.76. The first-order valence-corrected chi connectivity index (χ1v) is 12.6. The van der Waals surface area contributed by atoms with Gasteiger partial charge < -0.3 is 10.1 Å². The maximum absolute atomic E-state index is 14.2. The highest BCUT2D eigenvalue weighted by Gasteiger charge is 2.32. The summed E-state index contributed by atoms with van der Waals surface area (Å²) in [6, 6.07) is 10.5. The summed E-state index contributed by atoms with van der Waals surface area (Å²) in [6.45, 7) is 1.10. The molecule has 2 heterocycles. The minimum Gasteiger partial charge on any atom is -0.490 e. The summed E-state index contributed by atoms with van der Waals surface area (Å²) in [6.07, 6.45) is -1.47. The molecule has 3 aromatic rings. The van der Waals surface area contributed by atoms with Crippen molar-refractivity contribution >= 4 is 40.4 Å². The normalized spacial score (nSPS) is 15.8. The smallest absolute Gasteiger partial charge is 0.281 e. The Balaban J connectivity index is 1.47. The van der Waals surface area contributed by atoms with Crippen LogP contribution in [0.15, 0.2) is 48.0 Å². The number of carbonyl (C=O) groups is 1. The molecule has 1 atom stereocenters. The number of carbonyl (C=O) groups excluding carboxylic acids is 1. The average molecular weight is 544 g/mol. The van der Waals surface area contributed by atoms with Crippen LogP contribution in [-0.4, -0.2) is 41.5 Å². The second kappa shape index (κ2) is 11.6. The molecule has 0 saturated carbocycles. The molecule has 1 unspecified atom stereocenters. The molecule has 1 saturated heterocycles. The van der Waals surface area contributed by atoms with Gasteiger partial charge in [-0.05, 0) is 49.2 Å². The van der Waals surface area contributed by atoms with Crippen molar-refractivity contribution in [2.75, 3.05) is 19.6 Å². The lowest BCUT2D eigenvalue weighted by atomic mass is 10.0. The molecule has 35 heavy (non-hydrogen) atoms. The maximum atomic E-state index is 14.2. The summed E-state index contributed by atoms with van der Waals surface area (Å²) in [7, 11) is 0. The third-order valence-electron chi connectivity index (χ3n) is 5.81. The number of piperidine rings is 1. The van der Waals surface area contributed by atoms with Crippen molar-refractivity contribution in [3.63, 3.8) is 0 Å². The highest BCUT2D eigenvalue weighted by molar-refractivity contribution is 7.09. The standard InChI is InChI=1S/C24H22Cl2F3N3O2S/c25-14-4-6-15(7-5-14)34-16-8-10-32(11-9-16)19(22-21(23(28)29)31-13-35-22)12-30-24(33)20-17(26)2-1-3-18(20)27/h1-7,13,16,19,23H,8-12H2,(H,30,33). The number of alkyl halides is 2. The Kier molecular flexibility index (Phi) is 8.54. The number of halogens is 5. The highest BCUT2D eigenvalue weighted by Crippen LogP contribution is 2.35. The van der Waals surface area contributed by atoms with Gasteiger partial charge >= 0.3 is 0 Å². The van der Waals surface area contributed by atoms with Crippen molar-refractivity contribution in [1.82, 2.24) is 15.2 Å². The minimum atomic E-state index is -2.75. The third-order valence-corrected chi connectivity index (χ3v) is 7.33. The molecular formula is C24H22Cl2F3N3O2S. The van der Waals surface area contributed by atoms with E-state index in [1.54, 1.807) is 24.3 Å². The molecule has 1 aliphatic heterocycles. The topological polar surface area (TPSA) is 54.5 Å². The van der Waals surface area contributed by atoms with Crippen molar-refractivity contribution in [1.29, 1.82) is 0 Å². The molecule has 4 rings (SSSR count). The quantitative estimate of drug-likeness (QED) is 0.350. The maximum Gasteiger partial charge on any atom is 0.281 e. The highest BCUT2D eigenvalue weighted by atomic mass is 35.5. The summed E-state index contributed by atoms with van der Waals surface area (Å²) >= 11 is 13.0. The SMILES string of the molecule is O=C(NCC(c1scnc1C(F)F)N1CCC(Oc2ccc(Cl)cc2)CC1)c1c(F)cccc1Cl. The molecular weight excluding hydrogens is 522 g/mol. The molecule has 11 heteroatoms. The molecule has 1 aromatic heterocycles. The molecule has 0 aliphatic carbocycles. The van der Waals surface area contributed by atoms with Crippen LogP contribution in [0.3, 0.4) is 0 Å². The van der Waals surface area contributed by atoms with Crippen molar-refractivity contribution in [3.8, 4) is 5.75 Å². The van der Waals surface area contributed by atoms with Gasteiger partial charge in [-0.3, -0.25) is 9.69 Å². The number of ether oxygens (including phenoxy) is 1. The van der Waals surface area contributed by atoms with E-state index < -0.39 is 24.2 Å². The van der Waals surface area contributed by atoms with Gasteiger partial charge in [0.05, 0.1) is 27.0 Å². The van der Waals surface area contributed by atoms with Gasteiger partial charge in [-0.2, -0.15) is 0 Å². The van der Waals surface area contributed by atoms with Crippen LogP contribution in [0.5, 0.6) is 5.75 Å². The van der Waals surface area contributed by atoms with Crippen LogP contribution >= 0.6 is 34.5 Å². The lowest BCUT2D eigenvalue weighted by molar-refractivity contribution is 0.0703. The number of benzene rings is 2. The van der Waals surface area contributed by atoms with Gasteiger partial charge in [0.2, 0.25) is 0 Å². The van der Waals surface area contributed by atoms with E-state index in [1.165, 1.54) is 17.6 Å². The number of thiazole rings is 1. The molecule has 2 aromatic carbocycles. The molecule has 1 amide bonds. The lowest BCUT2D eigenvalue weighted by Crippen LogP contribution is -2.44. The Hall–Kier alpha value is -2.33. The zero-order valence-electron chi connectivity index (χ0n) is 18.4. The van der Waals surface area contributed by atoms with Gasteiger partial charge in [0.25, 0.3) is 12.3 Å². The molecule has 5 nitrogen and oxygen atoms in total. The summed E-state index contributed by atoms with van der Waals surface area (Å²) in [4.78, 5) is 18.9. The first kappa shape index (κ1) is 25.8. The lowest BCUT2D eigenvalue weighted by Gasteiger charge is -2.37. The fourth-order valence-corrected chi connectivity index (χ4v) is 5.37. The zero-order valence-corrected chi connectivity index (χ0v) is 20.7. The Morgan fingerprint density at radius 2 is 1.89 bits per heavy atom. The van der Waals surface area contributed by atoms with E-state index in [4.69, 9.17) is 27.9 Å². The number of hydrogen-bond acceptors (Lipinski definition) is 5.